The molecule has 0 unspecified atom stereocenters. The number of ether oxygens (including phenoxy) is 3. The molecule has 0 spiro atoms. The van der Waals surface area contributed by atoms with E-state index in [0.29, 0.717) is 45.9 Å². The molecule has 3 aromatic carbocycles. The molecule has 0 amide bonds. The summed E-state index contributed by atoms with van der Waals surface area (Å²) in [5.74, 6) is 5.34. The van der Waals surface area contributed by atoms with E-state index >= 15 is 0 Å². The number of nitrogens with zero attached hydrogens (tertiary/aromatic N) is 1. The van der Waals surface area contributed by atoms with E-state index in [1.807, 2.05) is 60.7 Å². The Morgan fingerprint density at radius 3 is 2.27 bits per heavy atom. The van der Waals surface area contributed by atoms with Crippen LogP contribution in [-0.4, -0.2) is 49.1 Å². The van der Waals surface area contributed by atoms with Crippen LogP contribution in [0.4, 0.5) is 15.8 Å². The van der Waals surface area contributed by atoms with Crippen molar-refractivity contribution in [2.45, 2.75) is 32.2 Å². The summed E-state index contributed by atoms with van der Waals surface area (Å²) in [7, 11) is 0. The molecular weight excluding hydrogens is 515 g/mol. The fraction of sp³-hybridized carbons (Fsp3) is 0.355. The van der Waals surface area contributed by atoms with Crippen LogP contribution >= 0.6 is 0 Å². The summed E-state index contributed by atoms with van der Waals surface area (Å²) in [6, 6.07) is 21.6. The van der Waals surface area contributed by atoms with Gasteiger partial charge in [0.05, 0.1) is 54.1 Å². The maximum absolute atomic E-state index is 14.5. The highest BCUT2D eigenvalue weighted by atomic mass is 19.1. The Kier molecular flexibility index (Phi) is 10.6. The molecule has 1 atom stereocenters. The Bertz CT molecular complexity index is 1300. The van der Waals surface area contributed by atoms with Gasteiger partial charge in [0.1, 0.15) is 0 Å². The maximum atomic E-state index is 14.5. The summed E-state index contributed by atoms with van der Waals surface area (Å²) in [5.41, 5.74) is 1.36. The third kappa shape index (κ3) is 8.60. The Morgan fingerprint density at radius 1 is 1.02 bits per heavy atom. The molecule has 0 bridgehead atoms. The first kappa shape index (κ1) is 29.2. The first-order valence-corrected chi connectivity index (χ1v) is 13.2. The Morgan fingerprint density at radius 2 is 1.65 bits per heavy atom. The number of rotatable bonds is 12. The predicted octanol–water partition coefficient (Wildman–Crippen LogP) is 5.09. The Balaban J connectivity index is 1.46. The van der Waals surface area contributed by atoms with Crippen molar-refractivity contribution in [3.8, 4) is 11.8 Å². The second kappa shape index (κ2) is 14.5. The number of halogens is 1. The van der Waals surface area contributed by atoms with E-state index in [1.165, 1.54) is 0 Å². The molecule has 1 aliphatic heterocycles. The van der Waals surface area contributed by atoms with Crippen LogP contribution < -0.4 is 5.32 Å². The number of nitrogens with one attached hydrogen (secondary N) is 1. The van der Waals surface area contributed by atoms with E-state index in [2.05, 4.69) is 17.2 Å². The number of hydrogen-bond donors (Lipinski definition) is 2. The van der Waals surface area contributed by atoms with E-state index in [9.17, 15) is 19.6 Å². The molecule has 2 N–H and O–H groups in total. The zero-order chi connectivity index (χ0) is 28.2. The van der Waals surface area contributed by atoms with E-state index in [0.717, 1.165) is 23.3 Å². The van der Waals surface area contributed by atoms with Gasteiger partial charge in [0.25, 0.3) is 0 Å². The summed E-state index contributed by atoms with van der Waals surface area (Å²) in [5, 5.41) is 24.8. The predicted molar refractivity (Wildman–Crippen MR) is 149 cm³/mol. The summed E-state index contributed by atoms with van der Waals surface area (Å²) >= 11 is 0. The number of nitro groups is 1. The van der Waals surface area contributed by atoms with Gasteiger partial charge < -0.3 is 24.6 Å². The molecule has 210 valence electrons. The van der Waals surface area contributed by atoms with E-state index in [-0.39, 0.29) is 24.4 Å². The highest BCUT2D eigenvalue weighted by Gasteiger charge is 2.31. The summed E-state index contributed by atoms with van der Waals surface area (Å²) < 4.78 is 31.7. The quantitative estimate of drug-likeness (QED) is 0.185. The van der Waals surface area contributed by atoms with E-state index in [1.54, 1.807) is 0 Å². The number of aliphatic hydroxyl groups excluding tert-OH is 1. The third-order valence-corrected chi connectivity index (χ3v) is 6.64. The van der Waals surface area contributed by atoms with Gasteiger partial charge in [0.2, 0.25) is 5.82 Å². The standard InChI is InChI=1S/C31H33FN2O6/c32-28-18-29(33-19-27(35)22-39-20-24-7-3-1-4-8-24)26(17-30(28)34(36)37)11-12-31(13-15-38-16-14-31)23-40-21-25-9-5-2-6-10-25/h1-10,17-18,27,33,35H,13-16,19-23H2/t27-/m1/s1. The van der Waals surface area contributed by atoms with Crippen LogP contribution in [0.25, 0.3) is 0 Å². The van der Waals surface area contributed by atoms with Crippen LogP contribution in [0.15, 0.2) is 72.8 Å². The van der Waals surface area contributed by atoms with E-state index < -0.39 is 27.9 Å². The fourth-order valence-corrected chi connectivity index (χ4v) is 4.33. The number of anilines is 1. The minimum absolute atomic E-state index is 0.0416. The molecule has 0 aromatic heterocycles. The highest BCUT2D eigenvalue weighted by molar-refractivity contribution is 5.63. The van der Waals surface area contributed by atoms with Crippen molar-refractivity contribution in [1.29, 1.82) is 0 Å². The average molecular weight is 549 g/mol. The van der Waals surface area contributed by atoms with Gasteiger partial charge in [-0.2, -0.15) is 4.39 Å². The molecule has 1 fully saturated rings. The lowest BCUT2D eigenvalue weighted by Gasteiger charge is -2.32. The number of aliphatic hydroxyl groups is 1. The first-order valence-electron chi connectivity index (χ1n) is 13.2. The molecule has 0 aliphatic carbocycles. The van der Waals surface area contributed by atoms with E-state index in [4.69, 9.17) is 14.2 Å². The molecule has 4 rings (SSSR count). The fourth-order valence-electron chi connectivity index (χ4n) is 4.33. The van der Waals surface area contributed by atoms with Crippen molar-refractivity contribution < 1.29 is 28.6 Å². The highest BCUT2D eigenvalue weighted by Crippen LogP contribution is 2.32. The van der Waals surface area contributed by atoms with Gasteiger partial charge in [0, 0.05) is 31.9 Å². The van der Waals surface area contributed by atoms with Gasteiger partial charge >= 0.3 is 5.69 Å². The molecule has 8 nitrogen and oxygen atoms in total. The minimum atomic E-state index is -0.986. The molecule has 3 aromatic rings. The molecule has 1 saturated heterocycles. The third-order valence-electron chi connectivity index (χ3n) is 6.64. The Hall–Kier alpha value is -3.81. The second-order valence-corrected chi connectivity index (χ2v) is 9.76. The van der Waals surface area contributed by atoms with Crippen LogP contribution in [0, 0.1) is 33.2 Å². The summed E-state index contributed by atoms with van der Waals surface area (Å²) in [6.07, 6.45) is 0.382. The molecule has 1 aliphatic rings. The van der Waals surface area contributed by atoms with Gasteiger partial charge in [-0.25, -0.2) is 0 Å². The lowest BCUT2D eigenvalue weighted by Crippen LogP contribution is -2.33. The molecule has 40 heavy (non-hydrogen) atoms. The molecular formula is C31H33FN2O6. The largest absolute Gasteiger partial charge is 0.389 e. The second-order valence-electron chi connectivity index (χ2n) is 9.76. The van der Waals surface area contributed by atoms with Crippen molar-refractivity contribution >= 4 is 11.4 Å². The summed E-state index contributed by atoms with van der Waals surface area (Å²) in [4.78, 5) is 10.7. The van der Waals surface area contributed by atoms with Crippen LogP contribution in [0.1, 0.15) is 29.5 Å². The lowest BCUT2D eigenvalue weighted by molar-refractivity contribution is -0.387. The van der Waals surface area contributed by atoms with Crippen molar-refractivity contribution in [3.63, 3.8) is 0 Å². The van der Waals surface area contributed by atoms with Crippen LogP contribution in [0.3, 0.4) is 0 Å². The van der Waals surface area contributed by atoms with Gasteiger partial charge in [-0.05, 0) is 24.0 Å². The van der Waals surface area contributed by atoms with Gasteiger partial charge in [-0.3, -0.25) is 10.1 Å². The molecule has 0 radical (unpaired) electrons. The molecule has 0 saturated carbocycles. The Labute approximate surface area is 233 Å². The average Bonchev–Trinajstić information content (AvgIpc) is 2.97. The zero-order valence-electron chi connectivity index (χ0n) is 22.2. The number of hydrogen-bond acceptors (Lipinski definition) is 7. The van der Waals surface area contributed by atoms with Crippen molar-refractivity contribution in [3.05, 3.63) is 105 Å². The summed E-state index contributed by atoms with van der Waals surface area (Å²) in [6.45, 7) is 2.28. The smallest absolute Gasteiger partial charge is 0.306 e. The van der Waals surface area contributed by atoms with Gasteiger partial charge in [-0.1, -0.05) is 72.5 Å². The molecule has 1 heterocycles. The number of benzene rings is 3. The van der Waals surface area contributed by atoms with Crippen molar-refractivity contribution in [1.82, 2.24) is 0 Å². The van der Waals surface area contributed by atoms with Gasteiger partial charge in [0.15, 0.2) is 0 Å². The lowest BCUT2D eigenvalue weighted by atomic mass is 9.81. The normalized spacial score (nSPS) is 15.1. The zero-order valence-corrected chi connectivity index (χ0v) is 22.2. The first-order chi connectivity index (χ1) is 19.4. The SMILES string of the molecule is O=[N+]([O-])c1cc(C#CC2(COCc3ccccc3)CCOCC2)c(NC[C@@H](O)COCc2ccccc2)cc1F. The van der Waals surface area contributed by atoms with Crippen LogP contribution in [0.5, 0.6) is 0 Å². The minimum Gasteiger partial charge on any atom is -0.389 e. The topological polar surface area (TPSA) is 103 Å². The number of nitro benzene ring substituents is 1. The monoisotopic (exact) mass is 548 g/mol. The van der Waals surface area contributed by atoms with Crippen LogP contribution in [0.2, 0.25) is 0 Å². The van der Waals surface area contributed by atoms with Crippen molar-refractivity contribution in [2.75, 3.05) is 38.3 Å². The molecule has 9 heteroatoms. The van der Waals surface area contributed by atoms with Crippen LogP contribution in [-0.2, 0) is 27.4 Å². The van der Waals surface area contributed by atoms with Gasteiger partial charge in [-0.15, -0.1) is 0 Å². The maximum Gasteiger partial charge on any atom is 0.306 e. The van der Waals surface area contributed by atoms with Crippen molar-refractivity contribution in [2.24, 2.45) is 5.41 Å².